The average Bonchev–Trinajstić information content (AvgIpc) is 3.29. The maximum atomic E-state index is 12.8. The van der Waals surface area contributed by atoms with Crippen LogP contribution >= 0.6 is 0 Å². The lowest BCUT2D eigenvalue weighted by Crippen LogP contribution is -2.43. The van der Waals surface area contributed by atoms with Crippen molar-refractivity contribution >= 4 is 22.0 Å². The van der Waals surface area contributed by atoms with E-state index in [9.17, 15) is 13.2 Å². The molecule has 3 rings (SSSR count). The van der Waals surface area contributed by atoms with E-state index in [0.717, 1.165) is 24.3 Å². The minimum absolute atomic E-state index is 0.105. The van der Waals surface area contributed by atoms with Crippen LogP contribution in [0.3, 0.4) is 0 Å². The Bertz CT molecular complexity index is 825. The van der Waals surface area contributed by atoms with E-state index < -0.39 is 21.3 Å². The summed E-state index contributed by atoms with van der Waals surface area (Å²) in [5.74, 6) is 0.922. The first kappa shape index (κ1) is 21.8. The van der Waals surface area contributed by atoms with Crippen LogP contribution in [0.5, 0.6) is 5.75 Å². The van der Waals surface area contributed by atoms with Gasteiger partial charge in [0, 0.05) is 33.1 Å². The second-order valence-electron chi connectivity index (χ2n) is 7.28. The number of nitrogens with zero attached hydrogens (tertiary/aromatic N) is 2. The SMILES string of the molecule is COc1ccc(/C=C/[C@H]2[C@H](S(=O)(=O)NCCCN3CCCC3=O)CON2C)cc1. The predicted octanol–water partition coefficient (Wildman–Crippen LogP) is 1.25. The average molecular weight is 424 g/mol. The van der Waals surface area contributed by atoms with E-state index in [1.807, 2.05) is 36.4 Å². The third kappa shape index (κ3) is 5.57. The van der Waals surface area contributed by atoms with Crippen molar-refractivity contribution in [1.29, 1.82) is 0 Å². The molecule has 2 fully saturated rings. The molecule has 2 aliphatic rings. The molecule has 1 N–H and O–H groups in total. The van der Waals surface area contributed by atoms with Gasteiger partial charge < -0.3 is 9.64 Å². The molecule has 0 saturated carbocycles. The largest absolute Gasteiger partial charge is 0.497 e. The van der Waals surface area contributed by atoms with Gasteiger partial charge in [0.15, 0.2) is 0 Å². The molecule has 8 nitrogen and oxygen atoms in total. The number of amides is 1. The number of sulfonamides is 1. The van der Waals surface area contributed by atoms with Gasteiger partial charge in [-0.25, -0.2) is 13.1 Å². The fourth-order valence-electron chi connectivity index (χ4n) is 3.58. The second-order valence-corrected chi connectivity index (χ2v) is 9.26. The molecule has 0 bridgehead atoms. The van der Waals surface area contributed by atoms with E-state index in [4.69, 9.17) is 9.57 Å². The molecule has 1 aromatic rings. The molecule has 2 heterocycles. The molecule has 1 amide bonds. The molecule has 0 radical (unpaired) electrons. The highest BCUT2D eigenvalue weighted by Gasteiger charge is 2.40. The van der Waals surface area contributed by atoms with Crippen molar-refractivity contribution in [2.45, 2.75) is 30.6 Å². The maximum absolute atomic E-state index is 12.8. The molecule has 0 spiro atoms. The summed E-state index contributed by atoms with van der Waals surface area (Å²) < 4.78 is 33.4. The van der Waals surface area contributed by atoms with Crippen molar-refractivity contribution in [3.8, 4) is 5.75 Å². The number of rotatable bonds is 9. The Kier molecular flexibility index (Phi) is 7.28. The first-order valence-corrected chi connectivity index (χ1v) is 11.4. The lowest BCUT2D eigenvalue weighted by Gasteiger charge is -2.20. The highest BCUT2D eigenvalue weighted by atomic mass is 32.2. The summed E-state index contributed by atoms with van der Waals surface area (Å²) in [7, 11) is -0.212. The summed E-state index contributed by atoms with van der Waals surface area (Å²) in [6.45, 7) is 1.77. The summed E-state index contributed by atoms with van der Waals surface area (Å²) >= 11 is 0. The Labute approximate surface area is 172 Å². The van der Waals surface area contributed by atoms with Crippen LogP contribution in [0.2, 0.25) is 0 Å². The Hall–Kier alpha value is -1.94. The third-order valence-electron chi connectivity index (χ3n) is 5.32. The van der Waals surface area contributed by atoms with E-state index in [-0.39, 0.29) is 12.5 Å². The molecule has 9 heteroatoms. The van der Waals surface area contributed by atoms with E-state index in [0.29, 0.717) is 25.9 Å². The molecule has 0 aliphatic carbocycles. The number of likely N-dealkylation sites (N-methyl/N-ethyl adjacent to an activating group) is 1. The van der Waals surface area contributed by atoms with Crippen LogP contribution in [0.15, 0.2) is 30.3 Å². The number of nitrogens with one attached hydrogen (secondary N) is 1. The molecule has 0 aromatic heterocycles. The van der Waals surface area contributed by atoms with Gasteiger partial charge in [-0.2, -0.15) is 5.06 Å². The zero-order chi connectivity index (χ0) is 20.9. The van der Waals surface area contributed by atoms with E-state index in [2.05, 4.69) is 4.72 Å². The summed E-state index contributed by atoms with van der Waals surface area (Å²) in [6.07, 6.45) is 5.82. The lowest BCUT2D eigenvalue weighted by molar-refractivity contribution is -0.127. The number of benzene rings is 1. The molecule has 2 aliphatic heterocycles. The topological polar surface area (TPSA) is 88.2 Å². The third-order valence-corrected chi connectivity index (χ3v) is 7.14. The molecule has 160 valence electrons. The first-order valence-electron chi connectivity index (χ1n) is 9.85. The van der Waals surface area contributed by atoms with Gasteiger partial charge in [-0.15, -0.1) is 0 Å². The molecule has 1 aromatic carbocycles. The highest BCUT2D eigenvalue weighted by Crippen LogP contribution is 2.22. The van der Waals surface area contributed by atoms with Crippen LogP contribution in [0.1, 0.15) is 24.8 Å². The summed E-state index contributed by atoms with van der Waals surface area (Å²) in [5.41, 5.74) is 0.950. The van der Waals surface area contributed by atoms with Gasteiger partial charge in [0.25, 0.3) is 0 Å². The van der Waals surface area contributed by atoms with Gasteiger partial charge in [0.05, 0.1) is 19.8 Å². The van der Waals surface area contributed by atoms with Crippen LogP contribution in [0.4, 0.5) is 0 Å². The zero-order valence-electron chi connectivity index (χ0n) is 16.9. The Morgan fingerprint density at radius 1 is 1.31 bits per heavy atom. The normalized spacial score (nSPS) is 23.4. The van der Waals surface area contributed by atoms with Gasteiger partial charge in [0.1, 0.15) is 11.0 Å². The molecule has 2 saturated heterocycles. The number of hydrogen-bond acceptors (Lipinski definition) is 6. The molecular formula is C20H29N3O5S. The van der Waals surface area contributed by atoms with Crippen molar-refractivity contribution in [2.24, 2.45) is 0 Å². The monoisotopic (exact) mass is 423 g/mol. The van der Waals surface area contributed by atoms with Gasteiger partial charge in [0.2, 0.25) is 15.9 Å². The number of carbonyl (C=O) groups excluding carboxylic acids is 1. The Morgan fingerprint density at radius 3 is 2.72 bits per heavy atom. The lowest BCUT2D eigenvalue weighted by atomic mass is 10.1. The van der Waals surface area contributed by atoms with Crippen molar-refractivity contribution in [3.05, 3.63) is 35.9 Å². The van der Waals surface area contributed by atoms with Crippen molar-refractivity contribution in [2.75, 3.05) is 40.4 Å². The number of methoxy groups -OCH3 is 1. The smallest absolute Gasteiger partial charge is 0.222 e. The van der Waals surface area contributed by atoms with Gasteiger partial charge >= 0.3 is 0 Å². The standard InChI is InChI=1S/C20H29N3O5S/c1-22-18(11-8-16-6-9-17(27-2)10-7-16)19(15-28-22)29(25,26)21-12-4-14-23-13-3-5-20(23)24/h6-11,18-19,21H,3-5,12-15H2,1-2H3/b11-8+/t18-,19+/m0/s1. The number of hydrogen-bond donors (Lipinski definition) is 1. The fourth-order valence-corrected chi connectivity index (χ4v) is 5.10. The minimum Gasteiger partial charge on any atom is -0.497 e. The summed E-state index contributed by atoms with van der Waals surface area (Å²) in [4.78, 5) is 18.9. The van der Waals surface area contributed by atoms with E-state index in [1.54, 1.807) is 24.1 Å². The Morgan fingerprint density at radius 2 is 2.07 bits per heavy atom. The number of ether oxygens (including phenoxy) is 1. The Balaban J connectivity index is 1.56. The summed E-state index contributed by atoms with van der Waals surface area (Å²) in [5, 5.41) is 0.878. The van der Waals surface area contributed by atoms with E-state index >= 15 is 0 Å². The van der Waals surface area contributed by atoms with Crippen molar-refractivity contribution in [1.82, 2.24) is 14.7 Å². The van der Waals surface area contributed by atoms with E-state index in [1.165, 1.54) is 0 Å². The number of hydroxylamine groups is 2. The number of likely N-dealkylation sites (tertiary alicyclic amines) is 1. The molecule has 29 heavy (non-hydrogen) atoms. The highest BCUT2D eigenvalue weighted by molar-refractivity contribution is 7.90. The van der Waals surface area contributed by atoms with Crippen LogP contribution in [-0.4, -0.2) is 76.0 Å². The quantitative estimate of drug-likeness (QED) is 0.602. The van der Waals surface area contributed by atoms with Gasteiger partial charge in [-0.1, -0.05) is 24.3 Å². The zero-order valence-corrected chi connectivity index (χ0v) is 17.7. The van der Waals surface area contributed by atoms with Crippen molar-refractivity contribution < 1.29 is 22.8 Å². The minimum atomic E-state index is -3.56. The van der Waals surface area contributed by atoms with Crippen molar-refractivity contribution in [3.63, 3.8) is 0 Å². The fraction of sp³-hybridized carbons (Fsp3) is 0.550. The summed E-state index contributed by atoms with van der Waals surface area (Å²) in [6, 6.07) is 7.14. The van der Waals surface area contributed by atoms with Crippen LogP contribution in [-0.2, 0) is 19.7 Å². The van der Waals surface area contributed by atoms with Gasteiger partial charge in [-0.3, -0.25) is 9.63 Å². The van der Waals surface area contributed by atoms with Crippen LogP contribution in [0.25, 0.3) is 6.08 Å². The van der Waals surface area contributed by atoms with Crippen LogP contribution in [0, 0.1) is 0 Å². The second kappa shape index (κ2) is 9.71. The first-order chi connectivity index (χ1) is 13.9. The van der Waals surface area contributed by atoms with Crippen LogP contribution < -0.4 is 9.46 Å². The molecule has 2 atom stereocenters. The molecule has 0 unspecified atom stereocenters. The number of carbonyl (C=O) groups is 1. The molecular weight excluding hydrogens is 394 g/mol. The van der Waals surface area contributed by atoms with Gasteiger partial charge in [-0.05, 0) is 30.5 Å². The predicted molar refractivity (Wildman–Crippen MR) is 111 cm³/mol. The maximum Gasteiger partial charge on any atom is 0.222 e.